The molecule has 3 N–H and O–H groups in total. The first-order chi connectivity index (χ1) is 10.1. The van der Waals surface area contributed by atoms with Crippen molar-refractivity contribution in [1.82, 2.24) is 10.4 Å². The van der Waals surface area contributed by atoms with Crippen molar-refractivity contribution in [2.75, 3.05) is 0 Å². The van der Waals surface area contributed by atoms with Crippen molar-refractivity contribution >= 4 is 23.0 Å². The van der Waals surface area contributed by atoms with Crippen LogP contribution in [0.15, 0.2) is 29.6 Å². The molecule has 21 heavy (non-hydrogen) atoms. The van der Waals surface area contributed by atoms with Crippen molar-refractivity contribution < 1.29 is 14.3 Å². The Balaban J connectivity index is 1.92. The molecule has 1 heterocycles. The average molecular weight is 305 g/mol. The van der Waals surface area contributed by atoms with Crippen LogP contribution in [0.3, 0.4) is 0 Å². The molecule has 2 rings (SSSR count). The lowest BCUT2D eigenvalue weighted by molar-refractivity contribution is -0.116. The van der Waals surface area contributed by atoms with Gasteiger partial charge in [0.15, 0.2) is 5.01 Å². The third-order valence-electron chi connectivity index (χ3n) is 2.64. The number of rotatable bonds is 6. The zero-order chi connectivity index (χ0) is 15.2. The van der Waals surface area contributed by atoms with Gasteiger partial charge >= 0.3 is 0 Å². The second-order valence-corrected chi connectivity index (χ2v) is 5.29. The molecule has 0 atom stereocenters. The summed E-state index contributed by atoms with van der Waals surface area (Å²) in [6.07, 6.45) is 0.421. The van der Waals surface area contributed by atoms with Crippen molar-refractivity contribution in [3.05, 3.63) is 45.9 Å². The van der Waals surface area contributed by atoms with Gasteiger partial charge in [-0.2, -0.15) is 0 Å². The molecule has 0 aliphatic heterocycles. The number of ether oxygens (including phenoxy) is 1. The van der Waals surface area contributed by atoms with Crippen molar-refractivity contribution in [2.24, 2.45) is 5.84 Å². The Morgan fingerprint density at radius 1 is 1.33 bits per heavy atom. The predicted molar refractivity (Wildman–Crippen MR) is 78.9 cm³/mol. The largest absolute Gasteiger partial charge is 0.487 e. The fourth-order valence-corrected chi connectivity index (χ4v) is 2.39. The number of aromatic nitrogens is 1. The smallest absolute Gasteiger partial charge is 0.294 e. The first-order valence-electron chi connectivity index (χ1n) is 6.25. The molecule has 2 aromatic rings. The Morgan fingerprint density at radius 2 is 2.05 bits per heavy atom. The normalized spacial score (nSPS) is 10.2. The van der Waals surface area contributed by atoms with Crippen LogP contribution in [0, 0.1) is 0 Å². The lowest BCUT2D eigenvalue weighted by Crippen LogP contribution is -2.29. The number of amides is 1. The van der Waals surface area contributed by atoms with Gasteiger partial charge in [0, 0.05) is 11.8 Å². The minimum atomic E-state index is -0.417. The summed E-state index contributed by atoms with van der Waals surface area (Å²) < 4.78 is 5.58. The van der Waals surface area contributed by atoms with E-state index in [4.69, 9.17) is 10.6 Å². The highest BCUT2D eigenvalue weighted by atomic mass is 32.1. The minimum Gasteiger partial charge on any atom is -0.487 e. The summed E-state index contributed by atoms with van der Waals surface area (Å²) in [4.78, 5) is 26.4. The third-order valence-corrected chi connectivity index (χ3v) is 3.53. The van der Waals surface area contributed by atoms with Gasteiger partial charge in [-0.3, -0.25) is 15.0 Å². The van der Waals surface area contributed by atoms with E-state index in [-0.39, 0.29) is 12.4 Å². The number of nitrogens with zero attached hydrogens (tertiary/aromatic N) is 1. The highest BCUT2D eigenvalue weighted by Gasteiger charge is 2.09. The third kappa shape index (κ3) is 4.37. The summed E-state index contributed by atoms with van der Waals surface area (Å²) in [5.41, 5.74) is 3.64. The van der Waals surface area contributed by atoms with Crippen LogP contribution in [-0.2, 0) is 17.8 Å². The molecule has 0 radical (unpaired) electrons. The molecule has 0 spiro atoms. The predicted octanol–water partition coefficient (Wildman–Crippen LogP) is 1.46. The average Bonchev–Trinajstić information content (AvgIpc) is 2.94. The van der Waals surface area contributed by atoms with Gasteiger partial charge in [-0.05, 0) is 24.6 Å². The Kier molecular flexibility index (Phi) is 5.02. The summed E-state index contributed by atoms with van der Waals surface area (Å²) in [6.45, 7) is 1.82. The maximum absolute atomic E-state index is 11.3. The Bertz CT molecular complexity index is 637. The number of benzene rings is 1. The number of nitrogens with two attached hydrogens (primary N) is 1. The number of thiazole rings is 1. The lowest BCUT2D eigenvalue weighted by atomic mass is 10.1. The molecule has 0 saturated heterocycles. The van der Waals surface area contributed by atoms with E-state index in [2.05, 4.69) is 4.98 Å². The number of hydrogen-bond donors (Lipinski definition) is 2. The van der Waals surface area contributed by atoms with Crippen molar-refractivity contribution in [3.8, 4) is 5.75 Å². The molecule has 0 aliphatic rings. The minimum absolute atomic E-state index is 0.122. The maximum atomic E-state index is 11.3. The molecule has 110 valence electrons. The quantitative estimate of drug-likeness (QED) is 0.478. The molecule has 1 amide bonds. The number of Topliss-reactive ketones (excluding diaryl/α,β-unsaturated/α-hetero) is 1. The molecular formula is C14H15N3O3S. The fraction of sp³-hybridized carbons (Fsp3) is 0.214. The van der Waals surface area contributed by atoms with Crippen LogP contribution in [0.25, 0.3) is 0 Å². The number of carbonyl (C=O) groups is 2. The van der Waals surface area contributed by atoms with Gasteiger partial charge in [-0.15, -0.1) is 11.3 Å². The Hall–Kier alpha value is -2.25. The second kappa shape index (κ2) is 6.96. The van der Waals surface area contributed by atoms with Crippen molar-refractivity contribution in [2.45, 2.75) is 20.0 Å². The number of ketones is 1. The van der Waals surface area contributed by atoms with E-state index in [1.165, 1.54) is 11.3 Å². The van der Waals surface area contributed by atoms with Crippen LogP contribution >= 0.6 is 11.3 Å². The topological polar surface area (TPSA) is 94.3 Å². The molecule has 6 nitrogen and oxygen atoms in total. The van der Waals surface area contributed by atoms with Gasteiger partial charge in [-0.1, -0.05) is 12.1 Å². The van der Waals surface area contributed by atoms with Gasteiger partial charge in [0.1, 0.15) is 18.1 Å². The maximum Gasteiger partial charge on any atom is 0.294 e. The van der Waals surface area contributed by atoms with Gasteiger partial charge in [-0.25, -0.2) is 10.8 Å². The summed E-state index contributed by atoms with van der Waals surface area (Å²) >= 11 is 1.21. The molecule has 0 saturated carbocycles. The fourth-order valence-electron chi connectivity index (χ4n) is 1.69. The van der Waals surface area contributed by atoms with E-state index in [1.54, 1.807) is 24.4 Å². The molecule has 0 unspecified atom stereocenters. The van der Waals surface area contributed by atoms with Gasteiger partial charge in [0.2, 0.25) is 0 Å². The van der Waals surface area contributed by atoms with Crippen LogP contribution in [0.4, 0.5) is 0 Å². The van der Waals surface area contributed by atoms with Crippen LogP contribution in [0.1, 0.15) is 28.0 Å². The highest BCUT2D eigenvalue weighted by molar-refractivity contribution is 7.11. The second-order valence-electron chi connectivity index (χ2n) is 4.43. The molecule has 1 aromatic carbocycles. The van der Waals surface area contributed by atoms with Crippen molar-refractivity contribution in [1.29, 1.82) is 0 Å². The Morgan fingerprint density at radius 3 is 2.67 bits per heavy atom. The number of hydrogen-bond acceptors (Lipinski definition) is 6. The molecule has 0 bridgehead atoms. The number of carbonyl (C=O) groups excluding carboxylic acids is 2. The first kappa shape index (κ1) is 15.1. The summed E-state index contributed by atoms with van der Waals surface area (Å²) in [5, 5.41) is 2.04. The number of nitrogen functional groups attached to an aromatic ring is 1. The molecule has 0 aliphatic carbocycles. The zero-order valence-corrected chi connectivity index (χ0v) is 12.3. The number of nitrogens with one attached hydrogen (secondary N) is 1. The van der Waals surface area contributed by atoms with E-state index >= 15 is 0 Å². The Labute approximate surface area is 125 Å². The molecule has 0 fully saturated rings. The standard InChI is InChI=1S/C14H15N3O3S/c1-9(18)6-10-2-4-12(5-3-10)20-7-11-8-21-14(16-11)13(19)17-15/h2-5,8H,6-7,15H2,1H3,(H,17,19). The van der Waals surface area contributed by atoms with Crippen molar-refractivity contribution in [3.63, 3.8) is 0 Å². The summed E-state index contributed by atoms with van der Waals surface area (Å²) in [6, 6.07) is 7.31. The molecular weight excluding hydrogens is 290 g/mol. The summed E-state index contributed by atoms with van der Waals surface area (Å²) in [5.74, 6) is 5.42. The number of hydrazine groups is 1. The van der Waals surface area contributed by atoms with Crippen LogP contribution in [0.5, 0.6) is 5.75 Å². The van der Waals surface area contributed by atoms with E-state index in [1.807, 2.05) is 17.6 Å². The molecule has 7 heteroatoms. The highest BCUT2D eigenvalue weighted by Crippen LogP contribution is 2.16. The van der Waals surface area contributed by atoms with E-state index in [0.29, 0.717) is 22.9 Å². The van der Waals surface area contributed by atoms with Gasteiger partial charge in [0.05, 0.1) is 5.69 Å². The van der Waals surface area contributed by atoms with Gasteiger partial charge < -0.3 is 4.74 Å². The lowest BCUT2D eigenvalue weighted by Gasteiger charge is -2.05. The SMILES string of the molecule is CC(=O)Cc1ccc(OCc2csc(C(=O)NN)n2)cc1. The van der Waals surface area contributed by atoms with Gasteiger partial charge in [0.25, 0.3) is 5.91 Å². The monoisotopic (exact) mass is 305 g/mol. The summed E-state index contributed by atoms with van der Waals surface area (Å²) in [7, 11) is 0. The molecule has 1 aromatic heterocycles. The van der Waals surface area contributed by atoms with Crippen LogP contribution < -0.4 is 16.0 Å². The van der Waals surface area contributed by atoms with E-state index in [0.717, 1.165) is 5.56 Å². The zero-order valence-electron chi connectivity index (χ0n) is 11.5. The van der Waals surface area contributed by atoms with Crippen LogP contribution in [-0.4, -0.2) is 16.7 Å². The van der Waals surface area contributed by atoms with E-state index < -0.39 is 5.91 Å². The van der Waals surface area contributed by atoms with E-state index in [9.17, 15) is 9.59 Å². The first-order valence-corrected chi connectivity index (χ1v) is 7.13. The van der Waals surface area contributed by atoms with Crippen LogP contribution in [0.2, 0.25) is 0 Å².